The summed E-state index contributed by atoms with van der Waals surface area (Å²) < 4.78 is 4.85. The Morgan fingerprint density at radius 3 is 2.82 bits per heavy atom. The molecule has 0 bridgehead atoms. The number of carbonyl (C=O) groups is 2. The lowest BCUT2D eigenvalue weighted by molar-refractivity contribution is -0.124. The third-order valence-electron chi connectivity index (χ3n) is 3.12. The number of nitrogens with one attached hydrogen (secondary N) is 2. The van der Waals surface area contributed by atoms with Crippen LogP contribution < -0.4 is 10.6 Å². The molecule has 1 aromatic heterocycles. The number of para-hydroxylation sites is 1. The molecule has 7 heteroatoms. The van der Waals surface area contributed by atoms with Crippen LogP contribution in [0.15, 0.2) is 36.5 Å². The maximum atomic E-state index is 12.0. The molecule has 7 nitrogen and oxygen atoms in total. The molecule has 2 aromatic rings. The summed E-state index contributed by atoms with van der Waals surface area (Å²) in [6.45, 7) is 0.223. The highest BCUT2D eigenvalue weighted by atomic mass is 16.5. The highest BCUT2D eigenvalue weighted by molar-refractivity contribution is 5.86. The van der Waals surface area contributed by atoms with Crippen LogP contribution in [0.2, 0.25) is 0 Å². The molecule has 0 saturated heterocycles. The first-order valence-electron chi connectivity index (χ1n) is 6.70. The molecule has 2 rings (SSSR count). The fraction of sp³-hybridized carbons (Fsp3) is 0.267. The normalized spacial score (nSPS) is 11.9. The summed E-state index contributed by atoms with van der Waals surface area (Å²) in [6.07, 6.45) is 0.414. The van der Waals surface area contributed by atoms with Crippen LogP contribution in [0.25, 0.3) is 10.9 Å². The van der Waals surface area contributed by atoms with E-state index in [0.29, 0.717) is 0 Å². The molecule has 0 spiro atoms. The Bertz CT molecular complexity index is 669. The summed E-state index contributed by atoms with van der Waals surface area (Å²) in [7, 11) is 1.40. The Morgan fingerprint density at radius 2 is 2.09 bits per heavy atom. The van der Waals surface area contributed by atoms with E-state index >= 15 is 0 Å². The molecule has 0 aliphatic carbocycles. The minimum absolute atomic E-state index is 0.0358. The number of ether oxygens (including phenoxy) is 1. The van der Waals surface area contributed by atoms with Crippen LogP contribution in [0.3, 0.4) is 0 Å². The zero-order chi connectivity index (χ0) is 15.9. The van der Waals surface area contributed by atoms with Gasteiger partial charge in [0, 0.05) is 25.2 Å². The molecule has 22 heavy (non-hydrogen) atoms. The van der Waals surface area contributed by atoms with Gasteiger partial charge >= 0.3 is 6.09 Å². The van der Waals surface area contributed by atoms with Crippen LogP contribution in [0.5, 0.6) is 0 Å². The number of aromatic nitrogens is 1. The maximum Gasteiger partial charge on any atom is 0.405 e. The second-order valence-corrected chi connectivity index (χ2v) is 4.67. The lowest BCUT2D eigenvalue weighted by Gasteiger charge is -2.16. The summed E-state index contributed by atoms with van der Waals surface area (Å²) in [5, 5.41) is 14.5. The van der Waals surface area contributed by atoms with Gasteiger partial charge in [-0.2, -0.15) is 0 Å². The molecular formula is C15H17N3O4. The van der Waals surface area contributed by atoms with Crippen LogP contribution in [0.1, 0.15) is 5.56 Å². The minimum atomic E-state index is -1.27. The van der Waals surface area contributed by atoms with Crippen LogP contribution in [-0.2, 0) is 16.1 Å². The minimum Gasteiger partial charge on any atom is -0.465 e. The van der Waals surface area contributed by atoms with Crippen LogP contribution in [-0.4, -0.2) is 41.8 Å². The maximum absolute atomic E-state index is 12.0. The molecule has 2 amide bonds. The molecular weight excluding hydrogens is 286 g/mol. The number of hydrogen-bond acceptors (Lipinski definition) is 4. The number of nitrogens with zero attached hydrogens (tertiary/aromatic N) is 1. The zero-order valence-electron chi connectivity index (χ0n) is 12.1. The van der Waals surface area contributed by atoms with Gasteiger partial charge in [0.05, 0.1) is 12.1 Å². The number of benzene rings is 1. The van der Waals surface area contributed by atoms with Gasteiger partial charge in [0.15, 0.2) is 0 Å². The number of fused-ring (bicyclic) bond motifs is 1. The molecule has 0 radical (unpaired) electrons. The van der Waals surface area contributed by atoms with Gasteiger partial charge in [-0.3, -0.25) is 9.78 Å². The third kappa shape index (κ3) is 3.92. The van der Waals surface area contributed by atoms with Crippen molar-refractivity contribution in [2.45, 2.75) is 12.6 Å². The van der Waals surface area contributed by atoms with Crippen molar-refractivity contribution in [3.8, 4) is 0 Å². The monoisotopic (exact) mass is 303 g/mol. The quantitative estimate of drug-likeness (QED) is 0.743. The average molecular weight is 303 g/mol. The molecule has 0 fully saturated rings. The van der Waals surface area contributed by atoms with E-state index < -0.39 is 18.0 Å². The molecule has 0 saturated carbocycles. The Hall–Kier alpha value is -2.67. The van der Waals surface area contributed by atoms with Gasteiger partial charge in [-0.15, -0.1) is 0 Å². The first-order chi connectivity index (χ1) is 10.6. The van der Waals surface area contributed by atoms with Gasteiger partial charge in [-0.1, -0.05) is 24.3 Å². The molecule has 1 atom stereocenters. The molecule has 116 valence electrons. The van der Waals surface area contributed by atoms with E-state index in [1.54, 1.807) is 6.20 Å². The van der Waals surface area contributed by atoms with Crippen molar-refractivity contribution >= 4 is 22.9 Å². The van der Waals surface area contributed by atoms with Gasteiger partial charge in [0.1, 0.15) is 6.04 Å². The van der Waals surface area contributed by atoms with Gasteiger partial charge in [-0.25, -0.2) is 4.79 Å². The van der Waals surface area contributed by atoms with Crippen molar-refractivity contribution < 1.29 is 19.4 Å². The number of hydrogen-bond donors (Lipinski definition) is 3. The molecule has 1 heterocycles. The fourth-order valence-electron chi connectivity index (χ4n) is 2.11. The van der Waals surface area contributed by atoms with E-state index in [2.05, 4.69) is 15.6 Å². The Kier molecular flexibility index (Phi) is 5.26. The van der Waals surface area contributed by atoms with Gasteiger partial charge in [0.25, 0.3) is 0 Å². The molecule has 0 aliphatic heterocycles. The number of carboxylic acid groups (broad SMARTS) is 1. The van der Waals surface area contributed by atoms with Gasteiger partial charge < -0.3 is 20.5 Å². The summed E-state index contributed by atoms with van der Waals surface area (Å²) in [5.41, 5.74) is 1.66. The first-order valence-corrected chi connectivity index (χ1v) is 6.70. The van der Waals surface area contributed by atoms with E-state index in [1.165, 1.54) is 7.11 Å². The predicted molar refractivity (Wildman–Crippen MR) is 80.4 cm³/mol. The average Bonchev–Trinajstić information content (AvgIpc) is 2.51. The topological polar surface area (TPSA) is 101 Å². The second kappa shape index (κ2) is 7.37. The largest absolute Gasteiger partial charge is 0.465 e. The number of pyridine rings is 1. The highest BCUT2D eigenvalue weighted by Crippen LogP contribution is 2.15. The predicted octanol–water partition coefficient (Wildman–Crippen LogP) is 1.13. The fourth-order valence-corrected chi connectivity index (χ4v) is 2.11. The third-order valence-corrected chi connectivity index (χ3v) is 3.12. The SMILES string of the molecule is COC[C@H](NC(=O)O)C(=O)NCc1cccc2cccnc12. The number of carbonyl (C=O) groups excluding carboxylic acids is 1. The molecule has 0 aliphatic rings. The lowest BCUT2D eigenvalue weighted by Crippen LogP contribution is -2.48. The van der Waals surface area contributed by atoms with Crippen molar-refractivity contribution in [3.05, 3.63) is 42.1 Å². The number of methoxy groups -OCH3 is 1. The van der Waals surface area contributed by atoms with Crippen molar-refractivity contribution in [2.75, 3.05) is 13.7 Å². The summed E-state index contributed by atoms with van der Waals surface area (Å²) in [4.78, 5) is 27.0. The summed E-state index contributed by atoms with van der Waals surface area (Å²) in [6, 6.07) is 8.51. The molecule has 3 N–H and O–H groups in total. The number of rotatable bonds is 6. The van der Waals surface area contributed by atoms with Crippen molar-refractivity contribution in [3.63, 3.8) is 0 Å². The van der Waals surface area contributed by atoms with Crippen molar-refractivity contribution in [1.82, 2.24) is 15.6 Å². The van der Waals surface area contributed by atoms with Gasteiger partial charge in [-0.05, 0) is 11.6 Å². The molecule has 1 aromatic carbocycles. The first kappa shape index (κ1) is 15.7. The van der Waals surface area contributed by atoms with Gasteiger partial charge in [0.2, 0.25) is 5.91 Å². The van der Waals surface area contributed by atoms with E-state index in [9.17, 15) is 9.59 Å². The van der Waals surface area contributed by atoms with E-state index in [0.717, 1.165) is 16.5 Å². The second-order valence-electron chi connectivity index (χ2n) is 4.67. The van der Waals surface area contributed by atoms with Crippen LogP contribution in [0, 0.1) is 0 Å². The van der Waals surface area contributed by atoms with E-state index in [-0.39, 0.29) is 13.2 Å². The Morgan fingerprint density at radius 1 is 1.32 bits per heavy atom. The molecule has 0 unspecified atom stereocenters. The van der Waals surface area contributed by atoms with Crippen molar-refractivity contribution in [2.24, 2.45) is 0 Å². The van der Waals surface area contributed by atoms with E-state index in [1.807, 2.05) is 30.3 Å². The summed E-state index contributed by atoms with van der Waals surface area (Å²) >= 11 is 0. The standard InChI is InChI=1S/C15H17N3O4/c1-22-9-12(18-15(20)21)14(19)17-8-11-5-2-4-10-6-3-7-16-13(10)11/h2-7,12,18H,8-9H2,1H3,(H,17,19)(H,20,21)/t12-/m0/s1. The zero-order valence-corrected chi connectivity index (χ0v) is 12.1. The van der Waals surface area contributed by atoms with Crippen LogP contribution >= 0.6 is 0 Å². The van der Waals surface area contributed by atoms with Crippen LogP contribution in [0.4, 0.5) is 4.79 Å². The van der Waals surface area contributed by atoms with Crippen molar-refractivity contribution in [1.29, 1.82) is 0 Å². The lowest BCUT2D eigenvalue weighted by atomic mass is 10.1. The smallest absolute Gasteiger partial charge is 0.405 e. The Balaban J connectivity index is 2.07. The Labute approximate surface area is 127 Å². The highest BCUT2D eigenvalue weighted by Gasteiger charge is 2.20. The summed E-state index contributed by atoms with van der Waals surface area (Å²) in [5.74, 6) is -0.447. The van der Waals surface area contributed by atoms with E-state index in [4.69, 9.17) is 9.84 Å². The number of amides is 2.